The molecule has 1 amide bonds. The lowest BCUT2D eigenvalue weighted by molar-refractivity contribution is 0.0682. The van der Waals surface area contributed by atoms with E-state index in [9.17, 15) is 4.79 Å². The van der Waals surface area contributed by atoms with Crippen LogP contribution in [0.2, 0.25) is 0 Å². The summed E-state index contributed by atoms with van der Waals surface area (Å²) in [6, 6.07) is 11.9. The van der Waals surface area contributed by atoms with Crippen LogP contribution in [0.1, 0.15) is 29.1 Å². The van der Waals surface area contributed by atoms with Crippen LogP contribution in [0.25, 0.3) is 22.6 Å². The first kappa shape index (κ1) is 16.6. The molecule has 0 spiro atoms. The number of aromatic nitrogens is 6. The van der Waals surface area contributed by atoms with Gasteiger partial charge in [-0.2, -0.15) is 0 Å². The van der Waals surface area contributed by atoms with Crippen LogP contribution in [-0.4, -0.2) is 46.7 Å². The molecular formula is C20H19N7O. The van der Waals surface area contributed by atoms with Gasteiger partial charge >= 0.3 is 0 Å². The van der Waals surface area contributed by atoms with E-state index in [0.29, 0.717) is 24.2 Å². The summed E-state index contributed by atoms with van der Waals surface area (Å²) < 4.78 is 3.96. The van der Waals surface area contributed by atoms with Gasteiger partial charge in [0.1, 0.15) is 5.52 Å². The molecule has 8 nitrogen and oxygen atoms in total. The van der Waals surface area contributed by atoms with Gasteiger partial charge in [-0.25, -0.2) is 9.97 Å². The smallest absolute Gasteiger partial charge is 0.255 e. The molecule has 0 radical (unpaired) electrons. The zero-order valence-corrected chi connectivity index (χ0v) is 15.6. The lowest BCUT2D eigenvalue weighted by Gasteiger charge is -2.32. The van der Waals surface area contributed by atoms with Crippen LogP contribution in [0.4, 0.5) is 0 Å². The van der Waals surface area contributed by atoms with Crippen molar-refractivity contribution in [2.75, 3.05) is 6.54 Å². The van der Waals surface area contributed by atoms with Gasteiger partial charge in [0.05, 0.1) is 24.5 Å². The number of fused-ring (bicyclic) bond motifs is 2. The minimum Gasteiger partial charge on any atom is -0.329 e. The third kappa shape index (κ3) is 2.57. The first-order valence-electron chi connectivity index (χ1n) is 9.17. The average molecular weight is 373 g/mol. The Balaban J connectivity index is 1.45. The van der Waals surface area contributed by atoms with E-state index in [2.05, 4.69) is 31.7 Å². The maximum absolute atomic E-state index is 13.1. The lowest BCUT2D eigenvalue weighted by Crippen LogP contribution is -2.40. The Morgan fingerprint density at radius 3 is 2.79 bits per heavy atom. The fourth-order valence-corrected chi connectivity index (χ4v) is 3.78. The van der Waals surface area contributed by atoms with E-state index < -0.39 is 0 Å². The second-order valence-corrected chi connectivity index (χ2v) is 7.13. The summed E-state index contributed by atoms with van der Waals surface area (Å²) in [7, 11) is 1.88. The predicted octanol–water partition coefficient (Wildman–Crippen LogP) is 2.44. The Kier molecular flexibility index (Phi) is 3.71. The van der Waals surface area contributed by atoms with Gasteiger partial charge in [-0.3, -0.25) is 4.79 Å². The number of imidazole rings is 1. The molecule has 1 aliphatic heterocycles. The van der Waals surface area contributed by atoms with E-state index in [0.717, 1.165) is 22.9 Å². The molecule has 0 bridgehead atoms. The fourth-order valence-electron chi connectivity index (χ4n) is 3.78. The third-order valence-electron chi connectivity index (χ3n) is 5.14. The highest BCUT2D eigenvalue weighted by Gasteiger charge is 2.30. The maximum Gasteiger partial charge on any atom is 0.255 e. The van der Waals surface area contributed by atoms with Crippen molar-refractivity contribution < 1.29 is 4.79 Å². The number of aryl methyl sites for hydroxylation is 1. The van der Waals surface area contributed by atoms with Gasteiger partial charge in [0.15, 0.2) is 17.3 Å². The Labute approximate surface area is 161 Å². The standard InChI is InChI=1S/C20H19N7O/c1-13-10-26(20(28)15-8-16-19(21-9-15)25(2)12-22-16)11-17-23-24-18(27(13)17)14-6-4-3-5-7-14/h3-9,12-13H,10-11H2,1-2H3/t13-/m0/s1. The Hall–Kier alpha value is -3.55. The molecule has 0 aliphatic carbocycles. The number of carbonyl (C=O) groups is 1. The zero-order chi connectivity index (χ0) is 19.3. The molecule has 8 heteroatoms. The molecule has 28 heavy (non-hydrogen) atoms. The summed E-state index contributed by atoms with van der Waals surface area (Å²) in [6.45, 7) is 3.09. The molecular weight excluding hydrogens is 354 g/mol. The monoisotopic (exact) mass is 373 g/mol. The van der Waals surface area contributed by atoms with Gasteiger partial charge in [-0.15, -0.1) is 10.2 Å². The fraction of sp³-hybridized carbons (Fsp3) is 0.250. The molecule has 0 fully saturated rings. The summed E-state index contributed by atoms with van der Waals surface area (Å²) in [4.78, 5) is 23.6. The van der Waals surface area contributed by atoms with Crippen LogP contribution in [-0.2, 0) is 13.6 Å². The quantitative estimate of drug-likeness (QED) is 0.539. The molecule has 0 unspecified atom stereocenters. The summed E-state index contributed by atoms with van der Waals surface area (Å²) in [6.07, 6.45) is 3.31. The van der Waals surface area contributed by atoms with Crippen LogP contribution in [0.3, 0.4) is 0 Å². The summed E-state index contributed by atoms with van der Waals surface area (Å²) in [5.74, 6) is 1.56. The van der Waals surface area contributed by atoms with E-state index in [-0.39, 0.29) is 11.9 Å². The van der Waals surface area contributed by atoms with Crippen LogP contribution < -0.4 is 0 Å². The number of benzene rings is 1. The van der Waals surface area contributed by atoms with Gasteiger partial charge in [-0.05, 0) is 13.0 Å². The van der Waals surface area contributed by atoms with Gasteiger partial charge in [0.25, 0.3) is 5.91 Å². The number of hydrogen-bond donors (Lipinski definition) is 0. The van der Waals surface area contributed by atoms with Crippen molar-refractivity contribution in [1.82, 2.24) is 34.2 Å². The number of carbonyl (C=O) groups excluding carboxylic acids is 1. The number of nitrogens with zero attached hydrogens (tertiary/aromatic N) is 7. The van der Waals surface area contributed by atoms with E-state index in [1.54, 1.807) is 23.5 Å². The molecule has 140 valence electrons. The van der Waals surface area contributed by atoms with Crippen molar-refractivity contribution in [3.8, 4) is 11.4 Å². The normalized spacial score (nSPS) is 16.4. The van der Waals surface area contributed by atoms with E-state index in [1.807, 2.05) is 41.9 Å². The summed E-state index contributed by atoms with van der Waals surface area (Å²) >= 11 is 0. The van der Waals surface area contributed by atoms with Crippen molar-refractivity contribution in [3.05, 3.63) is 60.3 Å². The van der Waals surface area contributed by atoms with Crippen molar-refractivity contribution in [2.45, 2.75) is 19.5 Å². The minimum absolute atomic E-state index is 0.0672. The number of hydrogen-bond acceptors (Lipinski definition) is 5. The van der Waals surface area contributed by atoms with Crippen molar-refractivity contribution in [1.29, 1.82) is 0 Å². The van der Waals surface area contributed by atoms with Gasteiger partial charge in [-0.1, -0.05) is 30.3 Å². The van der Waals surface area contributed by atoms with Gasteiger partial charge < -0.3 is 14.0 Å². The summed E-state index contributed by atoms with van der Waals surface area (Å²) in [5.41, 5.74) is 3.04. The Bertz CT molecular complexity index is 1180. The van der Waals surface area contributed by atoms with Crippen molar-refractivity contribution in [2.24, 2.45) is 7.05 Å². The molecule has 3 aromatic heterocycles. The highest BCUT2D eigenvalue weighted by Crippen LogP contribution is 2.28. The third-order valence-corrected chi connectivity index (χ3v) is 5.14. The molecule has 0 N–H and O–H groups in total. The molecule has 5 rings (SSSR count). The van der Waals surface area contributed by atoms with E-state index in [4.69, 9.17) is 0 Å². The molecule has 4 aromatic rings. The maximum atomic E-state index is 13.1. The minimum atomic E-state index is -0.0672. The van der Waals surface area contributed by atoms with Gasteiger partial charge in [0, 0.05) is 25.4 Å². The Morgan fingerprint density at radius 2 is 1.96 bits per heavy atom. The highest BCUT2D eigenvalue weighted by molar-refractivity contribution is 5.96. The SMILES string of the molecule is C[C@H]1CN(C(=O)c2cnc3c(c2)ncn3C)Cc2nnc(-c3ccccc3)n21. The number of amides is 1. The Morgan fingerprint density at radius 1 is 1.14 bits per heavy atom. The van der Waals surface area contributed by atoms with Crippen molar-refractivity contribution in [3.63, 3.8) is 0 Å². The molecule has 1 atom stereocenters. The van der Waals surface area contributed by atoms with E-state index >= 15 is 0 Å². The van der Waals surface area contributed by atoms with Crippen molar-refractivity contribution >= 4 is 17.1 Å². The van der Waals surface area contributed by atoms with Gasteiger partial charge in [0.2, 0.25) is 0 Å². The number of pyridine rings is 1. The lowest BCUT2D eigenvalue weighted by atomic mass is 10.1. The molecule has 1 aliphatic rings. The second kappa shape index (κ2) is 6.26. The molecule has 4 heterocycles. The average Bonchev–Trinajstić information content (AvgIpc) is 3.32. The van der Waals surface area contributed by atoms with E-state index in [1.165, 1.54) is 0 Å². The van der Waals surface area contributed by atoms with Crippen LogP contribution in [0.5, 0.6) is 0 Å². The molecule has 0 saturated carbocycles. The first-order chi connectivity index (χ1) is 13.6. The predicted molar refractivity (Wildman–Crippen MR) is 103 cm³/mol. The second-order valence-electron chi connectivity index (χ2n) is 7.13. The molecule has 1 aromatic carbocycles. The highest BCUT2D eigenvalue weighted by atomic mass is 16.2. The largest absolute Gasteiger partial charge is 0.329 e. The van der Waals surface area contributed by atoms with Crippen LogP contribution in [0, 0.1) is 0 Å². The number of rotatable bonds is 2. The zero-order valence-electron chi connectivity index (χ0n) is 15.6. The first-order valence-corrected chi connectivity index (χ1v) is 9.17. The topological polar surface area (TPSA) is 81.7 Å². The van der Waals surface area contributed by atoms with Crippen LogP contribution in [0.15, 0.2) is 48.9 Å². The van der Waals surface area contributed by atoms with Crippen LogP contribution >= 0.6 is 0 Å². The molecule has 0 saturated heterocycles. The summed E-state index contributed by atoms with van der Waals surface area (Å²) in [5, 5.41) is 8.73.